The molecule has 3 N–H and O–H groups in total. The molecule has 0 saturated heterocycles. The minimum Gasteiger partial charge on any atom is -0.379 e. The Labute approximate surface area is 101 Å². The standard InChI is InChI=1S/C13H30N2O/c1-7-8-10(2)9-11(15-14)12(16-6)13(3,4)5/h10-12,15H,7-9,14H2,1-6H3. The smallest absolute Gasteiger partial charge is 0.0785 e. The Hall–Kier alpha value is -0.120. The molecule has 0 heterocycles. The first-order chi connectivity index (χ1) is 7.36. The molecule has 3 atom stereocenters. The number of hydrogen-bond donors (Lipinski definition) is 2. The van der Waals surface area contributed by atoms with Gasteiger partial charge in [-0.15, -0.1) is 0 Å². The van der Waals surface area contributed by atoms with Crippen LogP contribution in [0, 0.1) is 11.3 Å². The van der Waals surface area contributed by atoms with Gasteiger partial charge in [-0.25, -0.2) is 0 Å². The van der Waals surface area contributed by atoms with Crippen molar-refractivity contribution in [2.24, 2.45) is 17.2 Å². The molecular formula is C13H30N2O. The van der Waals surface area contributed by atoms with Crippen LogP contribution in [0.2, 0.25) is 0 Å². The third-order valence-electron chi connectivity index (χ3n) is 3.12. The zero-order valence-electron chi connectivity index (χ0n) is 11.8. The van der Waals surface area contributed by atoms with Gasteiger partial charge < -0.3 is 4.74 Å². The maximum atomic E-state index is 5.66. The first-order valence-electron chi connectivity index (χ1n) is 6.35. The van der Waals surface area contributed by atoms with Crippen LogP contribution in [-0.4, -0.2) is 19.3 Å². The van der Waals surface area contributed by atoms with Gasteiger partial charge in [0.25, 0.3) is 0 Å². The van der Waals surface area contributed by atoms with Crippen molar-refractivity contribution in [1.82, 2.24) is 5.43 Å². The van der Waals surface area contributed by atoms with Gasteiger partial charge in [-0.05, 0) is 17.8 Å². The zero-order chi connectivity index (χ0) is 12.8. The van der Waals surface area contributed by atoms with Gasteiger partial charge in [-0.2, -0.15) is 0 Å². The first-order valence-corrected chi connectivity index (χ1v) is 6.35. The highest BCUT2D eigenvalue weighted by atomic mass is 16.5. The first kappa shape index (κ1) is 15.9. The summed E-state index contributed by atoms with van der Waals surface area (Å²) in [4.78, 5) is 0. The van der Waals surface area contributed by atoms with Crippen molar-refractivity contribution >= 4 is 0 Å². The Balaban J connectivity index is 4.45. The van der Waals surface area contributed by atoms with E-state index in [1.807, 2.05) is 0 Å². The van der Waals surface area contributed by atoms with Gasteiger partial charge in [0.2, 0.25) is 0 Å². The fraction of sp³-hybridized carbons (Fsp3) is 1.00. The van der Waals surface area contributed by atoms with Crippen LogP contribution < -0.4 is 11.3 Å². The summed E-state index contributed by atoms with van der Waals surface area (Å²) in [6, 6.07) is 0.228. The van der Waals surface area contributed by atoms with Crippen molar-refractivity contribution in [3.8, 4) is 0 Å². The Kier molecular flexibility index (Phi) is 7.20. The van der Waals surface area contributed by atoms with Gasteiger partial charge in [-0.1, -0.05) is 47.5 Å². The zero-order valence-corrected chi connectivity index (χ0v) is 11.8. The fourth-order valence-corrected chi connectivity index (χ4v) is 2.44. The summed E-state index contributed by atoms with van der Waals surface area (Å²) < 4.78 is 5.60. The Morgan fingerprint density at radius 1 is 1.31 bits per heavy atom. The fourth-order valence-electron chi connectivity index (χ4n) is 2.44. The predicted octanol–water partition coefficient (Wildman–Crippen LogP) is 2.71. The van der Waals surface area contributed by atoms with Crippen LogP contribution in [0.5, 0.6) is 0 Å². The molecule has 0 bridgehead atoms. The number of ether oxygens (including phenoxy) is 1. The highest BCUT2D eigenvalue weighted by Crippen LogP contribution is 2.27. The van der Waals surface area contributed by atoms with Crippen molar-refractivity contribution in [2.45, 2.75) is 66.0 Å². The van der Waals surface area contributed by atoms with E-state index in [1.165, 1.54) is 12.8 Å². The summed E-state index contributed by atoms with van der Waals surface area (Å²) in [5.41, 5.74) is 3.03. The van der Waals surface area contributed by atoms with Gasteiger partial charge in [-0.3, -0.25) is 11.3 Å². The molecule has 0 spiro atoms. The third kappa shape index (κ3) is 5.28. The van der Waals surface area contributed by atoms with Crippen molar-refractivity contribution < 1.29 is 4.74 Å². The molecule has 0 aromatic carbocycles. The number of rotatable bonds is 7. The summed E-state index contributed by atoms with van der Waals surface area (Å²) in [6.07, 6.45) is 3.70. The predicted molar refractivity (Wildman–Crippen MR) is 70.1 cm³/mol. The minimum atomic E-state index is 0.109. The lowest BCUT2D eigenvalue weighted by molar-refractivity contribution is -0.0167. The van der Waals surface area contributed by atoms with E-state index < -0.39 is 0 Å². The van der Waals surface area contributed by atoms with Crippen LogP contribution in [-0.2, 0) is 4.74 Å². The maximum Gasteiger partial charge on any atom is 0.0785 e. The Bertz CT molecular complexity index is 177. The SMILES string of the molecule is CCCC(C)CC(NN)C(OC)C(C)(C)C. The molecule has 0 radical (unpaired) electrons. The number of hydrogen-bond acceptors (Lipinski definition) is 3. The molecule has 0 fully saturated rings. The molecule has 98 valence electrons. The third-order valence-corrected chi connectivity index (χ3v) is 3.12. The summed E-state index contributed by atoms with van der Waals surface area (Å²) >= 11 is 0. The molecule has 16 heavy (non-hydrogen) atoms. The molecule has 0 amide bonds. The highest BCUT2D eigenvalue weighted by molar-refractivity contribution is 4.86. The highest BCUT2D eigenvalue weighted by Gasteiger charge is 2.32. The number of nitrogens with one attached hydrogen (secondary N) is 1. The van der Waals surface area contributed by atoms with E-state index in [-0.39, 0.29) is 17.6 Å². The molecule has 0 aliphatic carbocycles. The van der Waals surface area contributed by atoms with Gasteiger partial charge in [0.1, 0.15) is 0 Å². The van der Waals surface area contributed by atoms with Crippen LogP contribution >= 0.6 is 0 Å². The topological polar surface area (TPSA) is 47.3 Å². The molecule has 0 saturated carbocycles. The largest absolute Gasteiger partial charge is 0.379 e. The van der Waals surface area contributed by atoms with Gasteiger partial charge in [0.15, 0.2) is 0 Å². The van der Waals surface area contributed by atoms with Gasteiger partial charge in [0, 0.05) is 13.2 Å². The second kappa shape index (κ2) is 7.25. The lowest BCUT2D eigenvalue weighted by atomic mass is 9.81. The van der Waals surface area contributed by atoms with Crippen molar-refractivity contribution in [3.63, 3.8) is 0 Å². The second-order valence-electron chi connectivity index (χ2n) is 5.93. The average molecular weight is 230 g/mol. The van der Waals surface area contributed by atoms with E-state index in [0.717, 1.165) is 6.42 Å². The minimum absolute atomic E-state index is 0.109. The van der Waals surface area contributed by atoms with Gasteiger partial charge >= 0.3 is 0 Å². The van der Waals surface area contributed by atoms with Crippen LogP contribution in [0.1, 0.15) is 53.9 Å². The second-order valence-corrected chi connectivity index (χ2v) is 5.93. The summed E-state index contributed by atoms with van der Waals surface area (Å²) in [6.45, 7) is 11.1. The Morgan fingerprint density at radius 3 is 2.19 bits per heavy atom. The van der Waals surface area contributed by atoms with Crippen molar-refractivity contribution in [1.29, 1.82) is 0 Å². The van der Waals surface area contributed by atoms with Crippen LogP contribution in [0.3, 0.4) is 0 Å². The number of methoxy groups -OCH3 is 1. The van der Waals surface area contributed by atoms with E-state index >= 15 is 0 Å². The molecular weight excluding hydrogens is 200 g/mol. The monoisotopic (exact) mass is 230 g/mol. The lowest BCUT2D eigenvalue weighted by Crippen LogP contribution is -2.51. The molecule has 0 aromatic rings. The summed E-state index contributed by atoms with van der Waals surface area (Å²) in [5, 5.41) is 0. The average Bonchev–Trinajstić information content (AvgIpc) is 2.15. The van der Waals surface area contributed by atoms with E-state index in [4.69, 9.17) is 10.6 Å². The van der Waals surface area contributed by atoms with E-state index in [1.54, 1.807) is 7.11 Å². The molecule has 3 nitrogen and oxygen atoms in total. The van der Waals surface area contributed by atoms with Crippen LogP contribution in [0.4, 0.5) is 0 Å². The molecule has 3 unspecified atom stereocenters. The molecule has 0 aromatic heterocycles. The summed E-state index contributed by atoms with van der Waals surface area (Å²) in [5.74, 6) is 6.35. The molecule has 3 heteroatoms. The van der Waals surface area contributed by atoms with Crippen molar-refractivity contribution in [2.75, 3.05) is 7.11 Å². The number of hydrazine groups is 1. The summed E-state index contributed by atoms with van der Waals surface area (Å²) in [7, 11) is 1.77. The van der Waals surface area contributed by atoms with Gasteiger partial charge in [0.05, 0.1) is 6.10 Å². The van der Waals surface area contributed by atoms with Crippen LogP contribution in [0.15, 0.2) is 0 Å². The van der Waals surface area contributed by atoms with E-state index in [9.17, 15) is 0 Å². The number of nitrogens with two attached hydrogens (primary N) is 1. The Morgan fingerprint density at radius 2 is 1.88 bits per heavy atom. The quantitative estimate of drug-likeness (QED) is 0.522. The maximum absolute atomic E-state index is 5.66. The molecule has 0 aliphatic heterocycles. The normalized spacial score (nSPS) is 18.2. The van der Waals surface area contributed by atoms with E-state index in [2.05, 4.69) is 40.0 Å². The molecule has 0 rings (SSSR count). The van der Waals surface area contributed by atoms with E-state index in [0.29, 0.717) is 5.92 Å². The molecule has 0 aliphatic rings. The lowest BCUT2D eigenvalue weighted by Gasteiger charge is -2.36. The van der Waals surface area contributed by atoms with Crippen LogP contribution in [0.25, 0.3) is 0 Å². The van der Waals surface area contributed by atoms with Crippen molar-refractivity contribution in [3.05, 3.63) is 0 Å².